The van der Waals surface area contributed by atoms with E-state index in [1.54, 1.807) is 25.3 Å². The van der Waals surface area contributed by atoms with Crippen LogP contribution in [0.15, 0.2) is 48.5 Å². The number of nitro groups is 1. The monoisotopic (exact) mass is 447 g/mol. The molecule has 4 aliphatic rings. The van der Waals surface area contributed by atoms with Crippen LogP contribution in [0.3, 0.4) is 0 Å². The number of carbonyl (C=O) groups is 1. The molecule has 0 unspecified atom stereocenters. The summed E-state index contributed by atoms with van der Waals surface area (Å²) in [5.74, 6) is 3.60. The maximum atomic E-state index is 13.3. The average molecular weight is 448 g/mol. The van der Waals surface area contributed by atoms with Crippen LogP contribution in [0.1, 0.15) is 49.7 Å². The first-order chi connectivity index (χ1) is 15.9. The van der Waals surface area contributed by atoms with E-state index in [1.165, 1.54) is 31.4 Å². The van der Waals surface area contributed by atoms with Gasteiger partial charge in [0.1, 0.15) is 18.1 Å². The number of benzene rings is 2. The quantitative estimate of drug-likeness (QED) is 0.282. The van der Waals surface area contributed by atoms with E-state index in [2.05, 4.69) is 0 Å². The smallest absolute Gasteiger partial charge is 0.273 e. The zero-order valence-corrected chi connectivity index (χ0v) is 18.9. The van der Waals surface area contributed by atoms with Gasteiger partial charge in [-0.1, -0.05) is 18.2 Å². The molecule has 0 heterocycles. The van der Waals surface area contributed by atoms with Gasteiger partial charge in [-0.05, 0) is 86.1 Å². The molecule has 4 aliphatic carbocycles. The van der Waals surface area contributed by atoms with E-state index in [0.717, 1.165) is 48.1 Å². The minimum Gasteiger partial charge on any atom is -0.496 e. The van der Waals surface area contributed by atoms with Crippen LogP contribution in [0, 0.1) is 33.3 Å². The Labute approximate surface area is 193 Å². The zero-order chi connectivity index (χ0) is 23.0. The lowest BCUT2D eigenvalue weighted by atomic mass is 9.48. The standard InChI is InChI=1S/C27H29NO5/c1-32-25-7-5-18(12-22(25)17-33-24-4-2-3-23(13-24)28(30)31)6-8-26(29)27-14-19-9-20(15-27)11-21(10-19)16-27/h2-8,12-13,19-21H,9-11,14-17H2,1H3/b8-6+. The summed E-state index contributed by atoms with van der Waals surface area (Å²) in [5, 5.41) is 11.0. The van der Waals surface area contributed by atoms with Crippen molar-refractivity contribution in [1.82, 2.24) is 0 Å². The first-order valence-corrected chi connectivity index (χ1v) is 11.7. The lowest BCUT2D eigenvalue weighted by Crippen LogP contribution is -2.49. The van der Waals surface area contributed by atoms with Crippen molar-refractivity contribution in [3.63, 3.8) is 0 Å². The van der Waals surface area contributed by atoms with E-state index in [4.69, 9.17) is 9.47 Å². The van der Waals surface area contributed by atoms with Crippen LogP contribution in [-0.4, -0.2) is 17.8 Å². The molecule has 172 valence electrons. The summed E-state index contributed by atoms with van der Waals surface area (Å²) in [5.41, 5.74) is 1.57. The first-order valence-electron chi connectivity index (χ1n) is 11.7. The molecule has 0 spiro atoms. The van der Waals surface area contributed by atoms with Crippen molar-refractivity contribution in [2.75, 3.05) is 7.11 Å². The summed E-state index contributed by atoms with van der Waals surface area (Å²) in [6.07, 6.45) is 10.8. The Balaban J connectivity index is 1.30. The van der Waals surface area contributed by atoms with E-state index >= 15 is 0 Å². The van der Waals surface area contributed by atoms with E-state index in [9.17, 15) is 14.9 Å². The van der Waals surface area contributed by atoms with E-state index in [1.807, 2.05) is 24.3 Å². The van der Waals surface area contributed by atoms with E-state index in [0.29, 0.717) is 11.5 Å². The number of allylic oxidation sites excluding steroid dienone is 1. The third-order valence-corrected chi connectivity index (χ3v) is 7.72. The van der Waals surface area contributed by atoms with Crippen LogP contribution >= 0.6 is 0 Å². The third kappa shape index (κ3) is 4.39. The number of methoxy groups -OCH3 is 1. The molecule has 0 saturated heterocycles. The van der Waals surface area contributed by atoms with Gasteiger partial charge in [0.2, 0.25) is 0 Å². The Bertz CT molecular complexity index is 1070. The Hall–Kier alpha value is -3.15. The van der Waals surface area contributed by atoms with Gasteiger partial charge in [0.25, 0.3) is 5.69 Å². The van der Waals surface area contributed by atoms with Crippen molar-refractivity contribution in [1.29, 1.82) is 0 Å². The van der Waals surface area contributed by atoms with Crippen molar-refractivity contribution < 1.29 is 19.2 Å². The highest BCUT2D eigenvalue weighted by atomic mass is 16.6. The van der Waals surface area contributed by atoms with Crippen LogP contribution < -0.4 is 9.47 Å². The molecule has 4 saturated carbocycles. The largest absolute Gasteiger partial charge is 0.496 e. The molecule has 0 N–H and O–H groups in total. The molecule has 0 radical (unpaired) electrons. The molecular formula is C27H29NO5. The van der Waals surface area contributed by atoms with Crippen LogP contribution in [0.4, 0.5) is 5.69 Å². The van der Waals surface area contributed by atoms with Crippen LogP contribution in [0.2, 0.25) is 0 Å². The number of hydrogen-bond acceptors (Lipinski definition) is 5. The molecule has 0 aliphatic heterocycles. The normalized spacial score (nSPS) is 27.6. The van der Waals surface area contributed by atoms with Gasteiger partial charge < -0.3 is 9.47 Å². The fraction of sp³-hybridized carbons (Fsp3) is 0.444. The van der Waals surface area contributed by atoms with Gasteiger partial charge in [-0.3, -0.25) is 14.9 Å². The predicted octanol–water partition coefficient (Wildman–Crippen LogP) is 5.98. The summed E-state index contributed by atoms with van der Waals surface area (Å²) in [6.45, 7) is 0.203. The maximum Gasteiger partial charge on any atom is 0.273 e. The molecule has 0 aromatic heterocycles. The Morgan fingerprint density at radius 1 is 1.09 bits per heavy atom. The second-order valence-electron chi connectivity index (χ2n) is 10.0. The van der Waals surface area contributed by atoms with Crippen molar-refractivity contribution in [3.05, 3.63) is 69.8 Å². The van der Waals surface area contributed by atoms with E-state index in [-0.39, 0.29) is 23.5 Å². The SMILES string of the molecule is COc1ccc(/C=C/C(=O)C23CC4CC(CC(C4)C2)C3)cc1COc1cccc([N+](=O)[O-])c1. The molecule has 4 fully saturated rings. The number of carbonyl (C=O) groups excluding carboxylic acids is 1. The van der Waals surface area contributed by atoms with Gasteiger partial charge in [0, 0.05) is 17.0 Å². The Kier molecular flexibility index (Phi) is 5.69. The maximum absolute atomic E-state index is 13.3. The predicted molar refractivity (Wildman–Crippen MR) is 125 cm³/mol. The van der Waals surface area contributed by atoms with Crippen molar-refractivity contribution in [2.24, 2.45) is 23.2 Å². The molecule has 0 amide bonds. The minimum absolute atomic E-state index is 0.0145. The first kappa shape index (κ1) is 21.7. The topological polar surface area (TPSA) is 78.7 Å². The summed E-state index contributed by atoms with van der Waals surface area (Å²) in [7, 11) is 1.60. The van der Waals surface area contributed by atoms with Crippen molar-refractivity contribution >= 4 is 17.5 Å². The molecule has 6 rings (SSSR count). The molecular weight excluding hydrogens is 418 g/mol. The molecule has 4 bridgehead atoms. The van der Waals surface area contributed by atoms with Crippen LogP contribution in [-0.2, 0) is 11.4 Å². The number of nitro benzene ring substituents is 1. The molecule has 2 aromatic carbocycles. The fourth-order valence-electron chi connectivity index (χ4n) is 6.62. The highest BCUT2D eigenvalue weighted by molar-refractivity contribution is 5.98. The summed E-state index contributed by atoms with van der Waals surface area (Å²) < 4.78 is 11.3. The lowest BCUT2D eigenvalue weighted by molar-refractivity contribution is -0.384. The number of hydrogen-bond donors (Lipinski definition) is 0. The lowest BCUT2D eigenvalue weighted by Gasteiger charge is -2.55. The van der Waals surface area contributed by atoms with Gasteiger partial charge in [-0.15, -0.1) is 0 Å². The highest BCUT2D eigenvalue weighted by Gasteiger charge is 2.53. The Morgan fingerprint density at radius 3 is 2.42 bits per heavy atom. The number of rotatable bonds is 8. The fourth-order valence-corrected chi connectivity index (χ4v) is 6.62. The number of ether oxygens (including phenoxy) is 2. The number of ketones is 1. The molecule has 33 heavy (non-hydrogen) atoms. The number of nitrogens with zero attached hydrogens (tertiary/aromatic N) is 1. The zero-order valence-electron chi connectivity index (χ0n) is 18.9. The molecule has 2 aromatic rings. The van der Waals surface area contributed by atoms with Gasteiger partial charge in [-0.25, -0.2) is 0 Å². The second-order valence-corrected chi connectivity index (χ2v) is 10.0. The second kappa shape index (κ2) is 8.65. The van der Waals surface area contributed by atoms with Crippen LogP contribution in [0.25, 0.3) is 6.08 Å². The minimum atomic E-state index is -0.445. The summed E-state index contributed by atoms with van der Waals surface area (Å²) >= 11 is 0. The van der Waals surface area contributed by atoms with E-state index < -0.39 is 4.92 Å². The van der Waals surface area contributed by atoms with Crippen molar-refractivity contribution in [2.45, 2.75) is 45.1 Å². The summed E-state index contributed by atoms with van der Waals surface area (Å²) in [4.78, 5) is 23.8. The average Bonchev–Trinajstić information content (AvgIpc) is 2.80. The molecule has 6 heteroatoms. The highest BCUT2D eigenvalue weighted by Crippen LogP contribution is 2.60. The number of non-ortho nitro benzene ring substituents is 1. The van der Waals surface area contributed by atoms with Gasteiger partial charge >= 0.3 is 0 Å². The third-order valence-electron chi connectivity index (χ3n) is 7.72. The van der Waals surface area contributed by atoms with Gasteiger partial charge in [-0.2, -0.15) is 0 Å². The molecule has 0 atom stereocenters. The summed E-state index contributed by atoms with van der Waals surface area (Å²) in [6, 6.07) is 11.9. The van der Waals surface area contributed by atoms with Gasteiger partial charge in [0.15, 0.2) is 5.78 Å². The molecule has 6 nitrogen and oxygen atoms in total. The Morgan fingerprint density at radius 2 is 1.79 bits per heavy atom. The van der Waals surface area contributed by atoms with Gasteiger partial charge in [0.05, 0.1) is 18.1 Å². The van der Waals surface area contributed by atoms with Crippen molar-refractivity contribution in [3.8, 4) is 11.5 Å². The van der Waals surface area contributed by atoms with Crippen LogP contribution in [0.5, 0.6) is 11.5 Å².